The predicted molar refractivity (Wildman–Crippen MR) is 72.6 cm³/mol. The molecular formula is C13H17N3OS. The largest absolute Gasteiger partial charge is 0.465 e. The minimum Gasteiger partial charge on any atom is -0.465 e. The number of rotatable bonds is 4. The van der Waals surface area contributed by atoms with E-state index in [-0.39, 0.29) is 5.25 Å². The molecule has 2 aromatic heterocycles. The monoisotopic (exact) mass is 263 g/mol. The van der Waals surface area contributed by atoms with Crippen LogP contribution in [0.3, 0.4) is 0 Å². The summed E-state index contributed by atoms with van der Waals surface area (Å²) in [5.41, 5.74) is 7.74. The summed E-state index contributed by atoms with van der Waals surface area (Å²) >= 11 is 1.54. The fourth-order valence-electron chi connectivity index (χ4n) is 1.72. The van der Waals surface area contributed by atoms with E-state index in [1.165, 1.54) is 0 Å². The molecule has 0 radical (unpaired) electrons. The Balaban J connectivity index is 2.20. The first-order valence-electron chi connectivity index (χ1n) is 5.84. The minimum absolute atomic E-state index is 0.0555. The molecule has 0 bridgehead atoms. The van der Waals surface area contributed by atoms with E-state index in [0.29, 0.717) is 6.54 Å². The third kappa shape index (κ3) is 3.11. The van der Waals surface area contributed by atoms with Gasteiger partial charge in [-0.15, -0.1) is 0 Å². The van der Waals surface area contributed by atoms with E-state index in [9.17, 15) is 0 Å². The van der Waals surface area contributed by atoms with Gasteiger partial charge in [-0.25, -0.2) is 9.97 Å². The quantitative estimate of drug-likeness (QED) is 0.678. The van der Waals surface area contributed by atoms with Crippen LogP contribution in [0, 0.1) is 20.8 Å². The van der Waals surface area contributed by atoms with Gasteiger partial charge in [0.2, 0.25) is 0 Å². The summed E-state index contributed by atoms with van der Waals surface area (Å²) in [6.07, 6.45) is 0. The third-order valence-electron chi connectivity index (χ3n) is 2.50. The highest BCUT2D eigenvalue weighted by molar-refractivity contribution is 7.99. The molecule has 4 nitrogen and oxygen atoms in total. The van der Waals surface area contributed by atoms with Gasteiger partial charge in [0.25, 0.3) is 0 Å². The van der Waals surface area contributed by atoms with Crippen molar-refractivity contribution >= 4 is 11.8 Å². The Labute approximate surface area is 111 Å². The molecule has 0 saturated carbocycles. The van der Waals surface area contributed by atoms with Gasteiger partial charge in [0.1, 0.15) is 11.5 Å². The zero-order valence-corrected chi connectivity index (χ0v) is 11.6. The first kappa shape index (κ1) is 13.1. The smallest absolute Gasteiger partial charge is 0.188 e. The molecule has 0 spiro atoms. The molecule has 5 heteroatoms. The van der Waals surface area contributed by atoms with Crippen LogP contribution >= 0.6 is 11.8 Å². The van der Waals surface area contributed by atoms with Crippen LogP contribution in [-0.2, 0) is 0 Å². The lowest BCUT2D eigenvalue weighted by Crippen LogP contribution is -2.09. The molecule has 2 rings (SSSR count). The maximum atomic E-state index is 5.80. The molecule has 0 aliphatic rings. The molecule has 2 heterocycles. The molecule has 1 atom stereocenters. The van der Waals surface area contributed by atoms with Gasteiger partial charge in [0, 0.05) is 17.9 Å². The Morgan fingerprint density at radius 3 is 2.39 bits per heavy atom. The van der Waals surface area contributed by atoms with E-state index in [1.54, 1.807) is 11.8 Å². The number of nitrogens with zero attached hydrogens (tertiary/aromatic N) is 2. The van der Waals surface area contributed by atoms with Crippen LogP contribution in [0.15, 0.2) is 27.8 Å². The average Bonchev–Trinajstić information content (AvgIpc) is 2.71. The van der Waals surface area contributed by atoms with Gasteiger partial charge in [-0.3, -0.25) is 0 Å². The Morgan fingerprint density at radius 1 is 1.22 bits per heavy atom. The fourth-order valence-corrected chi connectivity index (χ4v) is 2.71. The van der Waals surface area contributed by atoms with Crippen molar-refractivity contribution in [3.05, 3.63) is 41.1 Å². The van der Waals surface area contributed by atoms with E-state index in [0.717, 1.165) is 28.1 Å². The lowest BCUT2D eigenvalue weighted by molar-refractivity contribution is 0.481. The van der Waals surface area contributed by atoms with Gasteiger partial charge in [0.15, 0.2) is 5.16 Å². The summed E-state index contributed by atoms with van der Waals surface area (Å²) in [5, 5.41) is 0.803. The molecule has 2 N–H and O–H groups in total. The van der Waals surface area contributed by atoms with E-state index >= 15 is 0 Å². The highest BCUT2D eigenvalue weighted by Crippen LogP contribution is 2.33. The van der Waals surface area contributed by atoms with Crippen molar-refractivity contribution in [2.24, 2.45) is 5.73 Å². The second-order valence-corrected chi connectivity index (χ2v) is 5.39. The van der Waals surface area contributed by atoms with E-state index in [2.05, 4.69) is 9.97 Å². The van der Waals surface area contributed by atoms with Gasteiger partial charge in [-0.2, -0.15) is 0 Å². The molecule has 0 fully saturated rings. The number of furan rings is 1. The van der Waals surface area contributed by atoms with E-state index in [1.807, 2.05) is 39.0 Å². The molecule has 0 saturated heterocycles. The Kier molecular flexibility index (Phi) is 4.04. The van der Waals surface area contributed by atoms with Gasteiger partial charge < -0.3 is 10.2 Å². The maximum absolute atomic E-state index is 5.80. The Hall–Kier alpha value is -1.33. The second-order valence-electron chi connectivity index (χ2n) is 4.22. The Bertz CT molecular complexity index is 519. The summed E-state index contributed by atoms with van der Waals surface area (Å²) in [7, 11) is 0. The lowest BCUT2D eigenvalue weighted by atomic mass is 10.3. The van der Waals surface area contributed by atoms with Crippen LogP contribution < -0.4 is 5.73 Å². The molecule has 2 aromatic rings. The minimum atomic E-state index is 0.0555. The van der Waals surface area contributed by atoms with Crippen molar-refractivity contribution in [2.45, 2.75) is 31.2 Å². The van der Waals surface area contributed by atoms with E-state index < -0.39 is 0 Å². The van der Waals surface area contributed by atoms with Crippen LogP contribution in [-0.4, -0.2) is 16.5 Å². The number of thioether (sulfide) groups is 1. The second kappa shape index (κ2) is 5.54. The highest BCUT2D eigenvalue weighted by atomic mass is 32.2. The molecule has 0 aliphatic carbocycles. The first-order chi connectivity index (χ1) is 8.58. The molecule has 96 valence electrons. The highest BCUT2D eigenvalue weighted by Gasteiger charge is 2.17. The number of aromatic nitrogens is 2. The van der Waals surface area contributed by atoms with Crippen LogP contribution in [0.2, 0.25) is 0 Å². The summed E-state index contributed by atoms with van der Waals surface area (Å²) in [6, 6.07) is 5.86. The average molecular weight is 263 g/mol. The van der Waals surface area contributed by atoms with Gasteiger partial charge >= 0.3 is 0 Å². The number of hydrogen-bond donors (Lipinski definition) is 1. The van der Waals surface area contributed by atoms with Crippen molar-refractivity contribution in [3.63, 3.8) is 0 Å². The third-order valence-corrected chi connectivity index (χ3v) is 3.60. The lowest BCUT2D eigenvalue weighted by Gasteiger charge is -2.11. The topological polar surface area (TPSA) is 64.9 Å². The molecular weight excluding hydrogens is 246 g/mol. The fraction of sp³-hybridized carbons (Fsp3) is 0.385. The van der Waals surface area contributed by atoms with Crippen LogP contribution in [0.1, 0.15) is 28.2 Å². The molecule has 0 amide bonds. The first-order valence-corrected chi connectivity index (χ1v) is 6.72. The van der Waals surface area contributed by atoms with Crippen molar-refractivity contribution in [1.29, 1.82) is 0 Å². The molecule has 18 heavy (non-hydrogen) atoms. The van der Waals surface area contributed by atoms with Crippen LogP contribution in [0.4, 0.5) is 0 Å². The van der Waals surface area contributed by atoms with Crippen molar-refractivity contribution in [3.8, 4) is 0 Å². The summed E-state index contributed by atoms with van der Waals surface area (Å²) in [4.78, 5) is 8.82. The SMILES string of the molecule is Cc1cc(C)nc(SC(CN)c2ccc(C)o2)n1. The molecule has 0 aliphatic heterocycles. The molecule has 1 unspecified atom stereocenters. The number of aryl methyl sites for hydroxylation is 3. The zero-order chi connectivity index (χ0) is 13.1. The van der Waals surface area contributed by atoms with Crippen molar-refractivity contribution in [2.75, 3.05) is 6.54 Å². The van der Waals surface area contributed by atoms with Crippen LogP contribution in [0.25, 0.3) is 0 Å². The number of nitrogens with two attached hydrogens (primary N) is 1. The summed E-state index contributed by atoms with van der Waals surface area (Å²) in [5.74, 6) is 1.77. The van der Waals surface area contributed by atoms with Crippen molar-refractivity contribution < 1.29 is 4.42 Å². The summed E-state index contributed by atoms with van der Waals surface area (Å²) < 4.78 is 5.61. The Morgan fingerprint density at radius 2 is 1.89 bits per heavy atom. The number of hydrogen-bond acceptors (Lipinski definition) is 5. The normalized spacial score (nSPS) is 12.7. The maximum Gasteiger partial charge on any atom is 0.188 e. The summed E-state index contributed by atoms with van der Waals surface area (Å²) in [6.45, 7) is 6.35. The predicted octanol–water partition coefficient (Wildman–Crippen LogP) is 2.79. The van der Waals surface area contributed by atoms with Crippen molar-refractivity contribution in [1.82, 2.24) is 9.97 Å². The standard InChI is InChI=1S/C13H17N3OS/c1-8-6-9(2)16-13(15-8)18-12(7-14)11-5-4-10(3)17-11/h4-6,12H,7,14H2,1-3H3. The zero-order valence-electron chi connectivity index (χ0n) is 10.8. The van der Waals surface area contributed by atoms with Gasteiger partial charge in [-0.05, 0) is 39.0 Å². The van der Waals surface area contributed by atoms with E-state index in [4.69, 9.17) is 10.2 Å². The van der Waals surface area contributed by atoms with Gasteiger partial charge in [-0.1, -0.05) is 11.8 Å². The molecule has 0 aromatic carbocycles. The van der Waals surface area contributed by atoms with Crippen LogP contribution in [0.5, 0.6) is 0 Å². The van der Waals surface area contributed by atoms with Gasteiger partial charge in [0.05, 0.1) is 5.25 Å².